The van der Waals surface area contributed by atoms with E-state index >= 15 is 0 Å². The van der Waals surface area contributed by atoms with Crippen LogP contribution in [-0.4, -0.2) is 16.8 Å². The lowest BCUT2D eigenvalue weighted by atomic mass is 9.94. The fourth-order valence-corrected chi connectivity index (χ4v) is 1.69. The van der Waals surface area contributed by atoms with Crippen LogP contribution >= 0.6 is 0 Å². The Morgan fingerprint density at radius 1 is 1.53 bits per heavy atom. The van der Waals surface area contributed by atoms with Gasteiger partial charge in [0, 0.05) is 0 Å². The molecule has 1 aliphatic carbocycles. The molecule has 86 valence electrons. The summed E-state index contributed by atoms with van der Waals surface area (Å²) >= 11 is 0. The van der Waals surface area contributed by atoms with Gasteiger partial charge in [-0.15, -0.1) is 0 Å². The fourth-order valence-electron chi connectivity index (χ4n) is 1.69. The molecule has 2 atom stereocenters. The average Bonchev–Trinajstić information content (AvgIpc) is 2.05. The highest BCUT2D eigenvalue weighted by molar-refractivity contribution is 5.19. The van der Waals surface area contributed by atoms with Crippen molar-refractivity contribution >= 4 is 0 Å². The van der Waals surface area contributed by atoms with Crippen molar-refractivity contribution in [3.05, 3.63) is 24.0 Å². The molecule has 0 aromatic rings. The first-order valence-electron chi connectivity index (χ1n) is 5.62. The van der Waals surface area contributed by atoms with E-state index in [1.165, 1.54) is 0 Å². The van der Waals surface area contributed by atoms with Crippen molar-refractivity contribution in [1.82, 2.24) is 0 Å². The Kier molecular flexibility index (Phi) is 3.97. The Balaban J connectivity index is 2.43. The lowest BCUT2D eigenvalue weighted by molar-refractivity contribution is 0.0580. The van der Waals surface area contributed by atoms with Crippen LogP contribution < -0.4 is 0 Å². The van der Waals surface area contributed by atoms with Gasteiger partial charge < -0.3 is 9.84 Å². The molecule has 0 bridgehead atoms. The van der Waals surface area contributed by atoms with Crippen LogP contribution in [0.15, 0.2) is 24.0 Å². The van der Waals surface area contributed by atoms with Gasteiger partial charge in [0.25, 0.3) is 0 Å². The standard InChI is InChI=1S/C13H22O2/c1-10(14)9-11-5-7-12(8-6-11)15-13(2,3)4/h5,7-8,10-11,14H,6,9H2,1-4H3. The molecule has 2 heteroatoms. The first-order valence-corrected chi connectivity index (χ1v) is 5.62. The van der Waals surface area contributed by atoms with Crippen LogP contribution in [0.3, 0.4) is 0 Å². The molecule has 1 aliphatic rings. The summed E-state index contributed by atoms with van der Waals surface area (Å²) in [5.74, 6) is 1.40. The number of hydrogen-bond donors (Lipinski definition) is 1. The number of aliphatic hydroxyl groups excluding tert-OH is 1. The molecule has 0 radical (unpaired) electrons. The smallest absolute Gasteiger partial charge is 0.115 e. The monoisotopic (exact) mass is 210 g/mol. The maximum absolute atomic E-state index is 9.27. The Hall–Kier alpha value is -0.760. The first kappa shape index (κ1) is 12.3. The van der Waals surface area contributed by atoms with Gasteiger partial charge >= 0.3 is 0 Å². The van der Waals surface area contributed by atoms with Gasteiger partial charge in [0.05, 0.1) is 6.10 Å². The van der Waals surface area contributed by atoms with Crippen molar-refractivity contribution in [2.45, 2.75) is 52.2 Å². The summed E-state index contributed by atoms with van der Waals surface area (Å²) in [6.45, 7) is 7.97. The minimum Gasteiger partial charge on any atom is -0.489 e. The minimum absolute atomic E-state index is 0.132. The van der Waals surface area contributed by atoms with Crippen molar-refractivity contribution in [3.8, 4) is 0 Å². The average molecular weight is 210 g/mol. The van der Waals surface area contributed by atoms with E-state index in [0.717, 1.165) is 18.6 Å². The zero-order valence-corrected chi connectivity index (χ0v) is 10.2. The van der Waals surface area contributed by atoms with E-state index in [4.69, 9.17) is 4.74 Å². The van der Waals surface area contributed by atoms with E-state index in [1.807, 2.05) is 33.8 Å². The molecule has 2 nitrogen and oxygen atoms in total. The zero-order chi connectivity index (χ0) is 11.5. The van der Waals surface area contributed by atoms with Gasteiger partial charge in [-0.3, -0.25) is 0 Å². The van der Waals surface area contributed by atoms with Crippen LogP contribution in [0.4, 0.5) is 0 Å². The van der Waals surface area contributed by atoms with Crippen LogP contribution in [0.25, 0.3) is 0 Å². The number of allylic oxidation sites excluding steroid dienone is 3. The Bertz CT molecular complexity index is 256. The van der Waals surface area contributed by atoms with Gasteiger partial charge in [-0.2, -0.15) is 0 Å². The molecule has 1 rings (SSSR count). The van der Waals surface area contributed by atoms with Crippen molar-refractivity contribution in [1.29, 1.82) is 0 Å². The van der Waals surface area contributed by atoms with E-state index in [1.54, 1.807) is 0 Å². The summed E-state index contributed by atoms with van der Waals surface area (Å²) in [6.07, 6.45) is 7.83. The van der Waals surface area contributed by atoms with Gasteiger partial charge in [-0.05, 0) is 58.6 Å². The van der Waals surface area contributed by atoms with Crippen LogP contribution in [0.2, 0.25) is 0 Å². The van der Waals surface area contributed by atoms with Crippen LogP contribution in [-0.2, 0) is 4.74 Å². The van der Waals surface area contributed by atoms with E-state index < -0.39 is 0 Å². The lowest BCUT2D eigenvalue weighted by Gasteiger charge is -2.25. The quantitative estimate of drug-likeness (QED) is 0.776. The molecule has 0 heterocycles. The molecule has 0 spiro atoms. The maximum Gasteiger partial charge on any atom is 0.115 e. The molecule has 0 saturated heterocycles. The van der Waals surface area contributed by atoms with Crippen molar-refractivity contribution in [2.75, 3.05) is 0 Å². The SMILES string of the molecule is CC(O)CC1C=CC(OC(C)(C)C)=CC1. The Morgan fingerprint density at radius 3 is 2.60 bits per heavy atom. The van der Waals surface area contributed by atoms with E-state index in [-0.39, 0.29) is 11.7 Å². The van der Waals surface area contributed by atoms with E-state index in [2.05, 4.69) is 12.2 Å². The third-order valence-corrected chi connectivity index (χ3v) is 2.22. The third-order valence-electron chi connectivity index (χ3n) is 2.22. The normalized spacial score (nSPS) is 23.5. The van der Waals surface area contributed by atoms with Crippen molar-refractivity contribution < 1.29 is 9.84 Å². The molecular weight excluding hydrogens is 188 g/mol. The van der Waals surface area contributed by atoms with Crippen molar-refractivity contribution in [3.63, 3.8) is 0 Å². The number of aliphatic hydroxyl groups is 1. The molecule has 15 heavy (non-hydrogen) atoms. The topological polar surface area (TPSA) is 29.5 Å². The highest BCUT2D eigenvalue weighted by Gasteiger charge is 2.16. The summed E-state index contributed by atoms with van der Waals surface area (Å²) in [4.78, 5) is 0. The molecule has 2 unspecified atom stereocenters. The van der Waals surface area contributed by atoms with E-state index in [0.29, 0.717) is 5.92 Å². The molecule has 0 aliphatic heterocycles. The fraction of sp³-hybridized carbons (Fsp3) is 0.692. The van der Waals surface area contributed by atoms with Crippen LogP contribution in [0.5, 0.6) is 0 Å². The second-order valence-electron chi connectivity index (χ2n) is 5.26. The van der Waals surface area contributed by atoms with Gasteiger partial charge in [0.2, 0.25) is 0 Å². The molecule has 0 amide bonds. The second-order valence-corrected chi connectivity index (χ2v) is 5.26. The zero-order valence-electron chi connectivity index (χ0n) is 10.2. The van der Waals surface area contributed by atoms with Crippen LogP contribution in [0.1, 0.15) is 40.5 Å². The maximum atomic E-state index is 9.27. The molecule has 0 fully saturated rings. The van der Waals surface area contributed by atoms with E-state index in [9.17, 15) is 5.11 Å². The molecular formula is C13H22O2. The molecule has 0 aromatic carbocycles. The Labute approximate surface area is 92.6 Å². The van der Waals surface area contributed by atoms with Crippen molar-refractivity contribution in [2.24, 2.45) is 5.92 Å². The second kappa shape index (κ2) is 4.84. The number of hydrogen-bond acceptors (Lipinski definition) is 2. The number of ether oxygens (including phenoxy) is 1. The first-order chi connectivity index (χ1) is 6.87. The van der Waals surface area contributed by atoms with Gasteiger partial charge in [0.1, 0.15) is 11.4 Å². The van der Waals surface area contributed by atoms with Gasteiger partial charge in [0.15, 0.2) is 0 Å². The predicted octanol–water partition coefficient (Wildman–Crippen LogP) is 3.03. The summed E-state index contributed by atoms with van der Waals surface area (Å²) in [5.41, 5.74) is -0.132. The summed E-state index contributed by atoms with van der Waals surface area (Å²) in [5, 5.41) is 9.27. The third kappa shape index (κ3) is 5.03. The summed E-state index contributed by atoms with van der Waals surface area (Å²) in [6, 6.07) is 0. The number of rotatable bonds is 3. The highest BCUT2D eigenvalue weighted by Crippen LogP contribution is 2.24. The van der Waals surface area contributed by atoms with Gasteiger partial charge in [-0.1, -0.05) is 6.08 Å². The summed E-state index contributed by atoms with van der Waals surface area (Å²) in [7, 11) is 0. The summed E-state index contributed by atoms with van der Waals surface area (Å²) < 4.78 is 5.74. The van der Waals surface area contributed by atoms with Crippen LogP contribution in [0, 0.1) is 5.92 Å². The lowest BCUT2D eigenvalue weighted by Crippen LogP contribution is -2.19. The largest absolute Gasteiger partial charge is 0.489 e. The molecule has 1 N–H and O–H groups in total. The van der Waals surface area contributed by atoms with Gasteiger partial charge in [-0.25, -0.2) is 0 Å². The Morgan fingerprint density at radius 2 is 2.20 bits per heavy atom. The molecule has 0 saturated carbocycles. The predicted molar refractivity (Wildman–Crippen MR) is 62.5 cm³/mol. The highest BCUT2D eigenvalue weighted by atomic mass is 16.5. The minimum atomic E-state index is -0.224. The molecule has 0 aromatic heterocycles.